The number of fused-ring (bicyclic) bond motifs is 1. The van der Waals surface area contributed by atoms with Crippen LogP contribution in [0.5, 0.6) is 0 Å². The fourth-order valence-electron chi connectivity index (χ4n) is 0.803. The van der Waals surface area contributed by atoms with Crippen LogP contribution in [0.3, 0.4) is 0 Å². The van der Waals surface area contributed by atoms with Crippen LogP contribution in [0, 0.1) is 0 Å². The van der Waals surface area contributed by atoms with Gasteiger partial charge in [0.25, 0.3) is 0 Å². The molecular weight excluding hydrogens is 166 g/mol. The van der Waals surface area contributed by atoms with Crippen LogP contribution >= 0.6 is 11.6 Å². The van der Waals surface area contributed by atoms with Gasteiger partial charge in [-0.1, -0.05) is 11.6 Å². The Labute approximate surface area is 66.8 Å². The molecule has 0 amide bonds. The molecule has 2 heterocycles. The van der Waals surface area contributed by atoms with Gasteiger partial charge in [-0.3, -0.25) is 0 Å². The molecule has 0 aliphatic carbocycles. The molecule has 0 fully saturated rings. The van der Waals surface area contributed by atoms with Crippen molar-refractivity contribution in [1.82, 2.24) is 19.6 Å². The zero-order chi connectivity index (χ0) is 7.84. The Kier molecular flexibility index (Phi) is 1.19. The summed E-state index contributed by atoms with van der Waals surface area (Å²) in [7, 11) is 0. The number of hydrogen-bond acceptors (Lipinski definition) is 4. The van der Waals surface area contributed by atoms with Crippen molar-refractivity contribution in [3.8, 4) is 0 Å². The molecule has 2 aromatic rings. The number of nitrogens with two attached hydrogens (primary N) is 1. The molecule has 0 saturated heterocycles. The van der Waals surface area contributed by atoms with Gasteiger partial charge in [0.05, 0.1) is 6.20 Å². The van der Waals surface area contributed by atoms with E-state index in [1.165, 1.54) is 17.0 Å². The Balaban J connectivity index is 2.94. The number of rotatable bonds is 0. The monoisotopic (exact) mass is 169 g/mol. The standard InChI is InChI=1S/C5H4ClN5/c6-3-1-10-11-4(3)8-2-9-5(11)7/h1-2H,(H2,7,8,9). The van der Waals surface area contributed by atoms with Gasteiger partial charge in [0.2, 0.25) is 5.95 Å². The van der Waals surface area contributed by atoms with Gasteiger partial charge in [-0.25, -0.2) is 9.97 Å². The molecule has 0 atom stereocenters. The molecular formula is C5H4ClN5. The highest BCUT2D eigenvalue weighted by Gasteiger charge is 2.03. The number of nitrogens with zero attached hydrogens (tertiary/aromatic N) is 4. The molecule has 0 spiro atoms. The predicted octanol–water partition coefficient (Wildman–Crippen LogP) is 0.360. The summed E-state index contributed by atoms with van der Waals surface area (Å²) >= 11 is 5.72. The average molecular weight is 170 g/mol. The number of halogens is 1. The van der Waals surface area contributed by atoms with E-state index in [-0.39, 0.29) is 5.95 Å². The molecule has 6 heteroatoms. The number of hydrogen-bond donors (Lipinski definition) is 1. The lowest BCUT2D eigenvalue weighted by atomic mass is 10.7. The van der Waals surface area contributed by atoms with Gasteiger partial charge in [0.1, 0.15) is 11.3 Å². The zero-order valence-corrected chi connectivity index (χ0v) is 6.15. The second-order valence-corrected chi connectivity index (χ2v) is 2.37. The second-order valence-electron chi connectivity index (χ2n) is 1.96. The first-order valence-corrected chi connectivity index (χ1v) is 3.26. The molecule has 0 saturated carbocycles. The fraction of sp³-hybridized carbons (Fsp3) is 0. The van der Waals surface area contributed by atoms with Crippen LogP contribution in [-0.2, 0) is 0 Å². The lowest BCUT2D eigenvalue weighted by Crippen LogP contribution is -2.01. The van der Waals surface area contributed by atoms with Crippen molar-refractivity contribution in [1.29, 1.82) is 0 Å². The Morgan fingerprint density at radius 3 is 3.00 bits per heavy atom. The highest BCUT2D eigenvalue weighted by Crippen LogP contribution is 2.13. The van der Waals surface area contributed by atoms with E-state index < -0.39 is 0 Å². The van der Waals surface area contributed by atoms with Crippen LogP contribution in [-0.4, -0.2) is 19.6 Å². The van der Waals surface area contributed by atoms with Gasteiger partial charge >= 0.3 is 0 Å². The Morgan fingerprint density at radius 1 is 1.45 bits per heavy atom. The molecule has 0 bridgehead atoms. The molecule has 0 aliphatic rings. The fourth-order valence-corrected chi connectivity index (χ4v) is 0.976. The van der Waals surface area contributed by atoms with Crippen molar-refractivity contribution in [2.75, 3.05) is 5.73 Å². The Hall–Kier alpha value is -1.36. The van der Waals surface area contributed by atoms with Crippen molar-refractivity contribution in [3.63, 3.8) is 0 Å². The SMILES string of the molecule is Nc1ncnc2c(Cl)cnn12. The maximum absolute atomic E-state index is 5.72. The van der Waals surface area contributed by atoms with Crippen LogP contribution in [0.4, 0.5) is 5.95 Å². The first-order chi connectivity index (χ1) is 5.29. The Bertz CT molecular complexity index is 395. The third-order valence-electron chi connectivity index (χ3n) is 1.29. The van der Waals surface area contributed by atoms with Crippen molar-refractivity contribution < 1.29 is 0 Å². The maximum Gasteiger partial charge on any atom is 0.224 e. The summed E-state index contributed by atoms with van der Waals surface area (Å²) in [6, 6.07) is 0. The van der Waals surface area contributed by atoms with E-state index in [2.05, 4.69) is 15.1 Å². The summed E-state index contributed by atoms with van der Waals surface area (Å²) in [6.07, 6.45) is 2.82. The third kappa shape index (κ3) is 0.813. The average Bonchev–Trinajstić information content (AvgIpc) is 2.35. The lowest BCUT2D eigenvalue weighted by molar-refractivity contribution is 0.909. The predicted molar refractivity (Wildman–Crippen MR) is 40.2 cm³/mol. The van der Waals surface area contributed by atoms with Crippen LogP contribution < -0.4 is 5.73 Å². The molecule has 11 heavy (non-hydrogen) atoms. The van der Waals surface area contributed by atoms with Gasteiger partial charge in [-0.2, -0.15) is 9.61 Å². The second kappa shape index (κ2) is 2.06. The number of aromatic nitrogens is 4. The molecule has 0 radical (unpaired) electrons. The van der Waals surface area contributed by atoms with Gasteiger partial charge < -0.3 is 5.73 Å². The minimum absolute atomic E-state index is 0.280. The lowest BCUT2D eigenvalue weighted by Gasteiger charge is -1.93. The normalized spacial score (nSPS) is 10.6. The quantitative estimate of drug-likeness (QED) is 0.618. The van der Waals surface area contributed by atoms with E-state index >= 15 is 0 Å². The molecule has 2 rings (SSSR count). The minimum atomic E-state index is 0.280. The summed E-state index contributed by atoms with van der Waals surface area (Å²) in [4.78, 5) is 7.61. The van der Waals surface area contributed by atoms with Crippen molar-refractivity contribution in [2.24, 2.45) is 0 Å². The minimum Gasteiger partial charge on any atom is -0.368 e. The number of anilines is 1. The maximum atomic E-state index is 5.72. The first-order valence-electron chi connectivity index (χ1n) is 2.89. The van der Waals surface area contributed by atoms with Gasteiger partial charge in [0.15, 0.2) is 5.65 Å². The smallest absolute Gasteiger partial charge is 0.224 e. The summed E-state index contributed by atoms with van der Waals surface area (Å²) in [6.45, 7) is 0. The topological polar surface area (TPSA) is 69.1 Å². The van der Waals surface area contributed by atoms with Crippen molar-refractivity contribution >= 4 is 23.2 Å². The van der Waals surface area contributed by atoms with E-state index in [1.807, 2.05) is 0 Å². The largest absolute Gasteiger partial charge is 0.368 e. The summed E-state index contributed by atoms with van der Waals surface area (Å²) in [5.74, 6) is 0.280. The zero-order valence-electron chi connectivity index (χ0n) is 5.40. The van der Waals surface area contributed by atoms with Gasteiger partial charge in [-0.15, -0.1) is 0 Å². The third-order valence-corrected chi connectivity index (χ3v) is 1.55. The highest BCUT2D eigenvalue weighted by molar-refractivity contribution is 6.33. The molecule has 2 N–H and O–H groups in total. The van der Waals surface area contributed by atoms with E-state index in [1.54, 1.807) is 0 Å². The summed E-state index contributed by atoms with van der Waals surface area (Å²) in [5, 5.41) is 4.32. The van der Waals surface area contributed by atoms with Gasteiger partial charge in [0, 0.05) is 0 Å². The van der Waals surface area contributed by atoms with Crippen LogP contribution in [0.2, 0.25) is 5.02 Å². The molecule has 0 aliphatic heterocycles. The van der Waals surface area contributed by atoms with Crippen LogP contribution in [0.15, 0.2) is 12.5 Å². The Morgan fingerprint density at radius 2 is 2.27 bits per heavy atom. The molecule has 56 valence electrons. The summed E-state index contributed by atoms with van der Waals surface area (Å²) in [5.41, 5.74) is 5.99. The van der Waals surface area contributed by atoms with Crippen molar-refractivity contribution in [3.05, 3.63) is 17.5 Å². The molecule has 0 aromatic carbocycles. The van der Waals surface area contributed by atoms with Crippen molar-refractivity contribution in [2.45, 2.75) is 0 Å². The van der Waals surface area contributed by atoms with Crippen LogP contribution in [0.25, 0.3) is 5.65 Å². The van der Waals surface area contributed by atoms with Crippen LogP contribution in [0.1, 0.15) is 0 Å². The van der Waals surface area contributed by atoms with E-state index in [0.717, 1.165) is 0 Å². The van der Waals surface area contributed by atoms with E-state index in [9.17, 15) is 0 Å². The van der Waals surface area contributed by atoms with Gasteiger partial charge in [-0.05, 0) is 0 Å². The molecule has 0 unspecified atom stereocenters. The first kappa shape index (κ1) is 6.36. The highest BCUT2D eigenvalue weighted by atomic mass is 35.5. The molecule has 5 nitrogen and oxygen atoms in total. The van der Waals surface area contributed by atoms with E-state index in [0.29, 0.717) is 10.7 Å². The summed E-state index contributed by atoms with van der Waals surface area (Å²) < 4.78 is 1.38. The van der Waals surface area contributed by atoms with E-state index in [4.69, 9.17) is 17.3 Å². The molecule has 2 aromatic heterocycles. The number of nitrogen functional groups attached to an aromatic ring is 1.